The number of hydrogen-bond donors (Lipinski definition) is 0. The number of hydrogen-bond acceptors (Lipinski definition) is 7. The molecule has 0 saturated carbocycles. The van der Waals surface area contributed by atoms with Crippen molar-refractivity contribution in [2.75, 3.05) is 0 Å². The summed E-state index contributed by atoms with van der Waals surface area (Å²) in [5.74, 6) is 0.311. The SMILES string of the molecule is O=[N+]([O-])c1c(Oc2ccc(Sc3ccncc3)cc2)nc2sccn12. The van der Waals surface area contributed by atoms with E-state index in [1.54, 1.807) is 47.9 Å². The van der Waals surface area contributed by atoms with E-state index in [0.29, 0.717) is 10.7 Å². The van der Waals surface area contributed by atoms with Crippen molar-refractivity contribution in [3.63, 3.8) is 0 Å². The second-order valence-corrected chi connectivity index (χ2v) is 6.93. The van der Waals surface area contributed by atoms with Crippen molar-refractivity contribution in [2.24, 2.45) is 0 Å². The van der Waals surface area contributed by atoms with E-state index >= 15 is 0 Å². The maximum atomic E-state index is 11.3. The van der Waals surface area contributed by atoms with Crippen LogP contribution in [0.5, 0.6) is 11.6 Å². The second-order valence-electron chi connectivity index (χ2n) is 4.91. The van der Waals surface area contributed by atoms with E-state index in [2.05, 4.69) is 9.97 Å². The van der Waals surface area contributed by atoms with Crippen LogP contribution in [0.1, 0.15) is 0 Å². The minimum Gasteiger partial charge on any atom is -0.433 e. The number of thiazole rings is 1. The van der Waals surface area contributed by atoms with Gasteiger partial charge in [0.15, 0.2) is 0 Å². The van der Waals surface area contributed by atoms with Crippen LogP contribution in [-0.4, -0.2) is 19.3 Å². The quantitative estimate of drug-likeness (QED) is 0.376. The Morgan fingerprint density at radius 1 is 1.12 bits per heavy atom. The van der Waals surface area contributed by atoms with E-state index in [0.717, 1.165) is 9.79 Å². The smallest absolute Gasteiger partial charge is 0.393 e. The molecule has 9 heteroatoms. The summed E-state index contributed by atoms with van der Waals surface area (Å²) < 4.78 is 7.04. The van der Waals surface area contributed by atoms with Gasteiger partial charge in [0, 0.05) is 27.6 Å². The second kappa shape index (κ2) is 6.54. The van der Waals surface area contributed by atoms with E-state index in [1.165, 1.54) is 15.7 Å². The lowest BCUT2D eigenvalue weighted by molar-refractivity contribution is -0.391. The molecule has 0 aliphatic rings. The number of benzene rings is 1. The first-order valence-corrected chi connectivity index (χ1v) is 8.86. The fraction of sp³-hybridized carbons (Fsp3) is 0. The predicted molar refractivity (Wildman–Crippen MR) is 94.6 cm³/mol. The maximum Gasteiger partial charge on any atom is 0.393 e. The highest BCUT2D eigenvalue weighted by atomic mass is 32.2. The molecular formula is C16H10N4O3S2. The Labute approximate surface area is 150 Å². The maximum absolute atomic E-state index is 11.3. The summed E-state index contributed by atoms with van der Waals surface area (Å²) in [5, 5.41) is 13.0. The topological polar surface area (TPSA) is 82.6 Å². The van der Waals surface area contributed by atoms with E-state index in [-0.39, 0.29) is 11.7 Å². The van der Waals surface area contributed by atoms with Crippen molar-refractivity contribution < 1.29 is 9.66 Å². The third-order valence-electron chi connectivity index (χ3n) is 3.30. The highest BCUT2D eigenvalue weighted by Gasteiger charge is 2.25. The van der Waals surface area contributed by atoms with Gasteiger partial charge in [0.2, 0.25) is 0 Å². The third-order valence-corrected chi connectivity index (χ3v) is 5.08. The van der Waals surface area contributed by atoms with Crippen LogP contribution in [0.2, 0.25) is 0 Å². The van der Waals surface area contributed by atoms with Gasteiger partial charge in [-0.3, -0.25) is 4.98 Å². The van der Waals surface area contributed by atoms with Crippen LogP contribution in [0.25, 0.3) is 4.96 Å². The summed E-state index contributed by atoms with van der Waals surface area (Å²) >= 11 is 2.91. The molecule has 0 amide bonds. The first-order valence-electron chi connectivity index (χ1n) is 7.16. The molecule has 0 fully saturated rings. The monoisotopic (exact) mass is 370 g/mol. The molecule has 0 unspecified atom stereocenters. The van der Waals surface area contributed by atoms with Crippen molar-refractivity contribution in [2.45, 2.75) is 9.79 Å². The molecule has 0 N–H and O–H groups in total. The largest absolute Gasteiger partial charge is 0.433 e. The van der Waals surface area contributed by atoms with Crippen molar-refractivity contribution in [3.05, 3.63) is 70.5 Å². The summed E-state index contributed by atoms with van der Waals surface area (Å²) in [7, 11) is 0. The van der Waals surface area contributed by atoms with Gasteiger partial charge >= 0.3 is 11.7 Å². The molecule has 0 atom stereocenters. The molecule has 0 saturated heterocycles. The number of fused-ring (bicyclic) bond motifs is 1. The lowest BCUT2D eigenvalue weighted by Crippen LogP contribution is -1.95. The number of imidazole rings is 1. The highest BCUT2D eigenvalue weighted by Crippen LogP contribution is 2.34. The molecule has 25 heavy (non-hydrogen) atoms. The summed E-state index contributed by atoms with van der Waals surface area (Å²) in [6.45, 7) is 0. The summed E-state index contributed by atoms with van der Waals surface area (Å²) in [4.78, 5) is 21.6. The summed E-state index contributed by atoms with van der Waals surface area (Å²) in [6.07, 6.45) is 5.08. The van der Waals surface area contributed by atoms with Crippen molar-refractivity contribution in [1.82, 2.24) is 14.4 Å². The van der Waals surface area contributed by atoms with E-state index in [4.69, 9.17) is 4.74 Å². The normalized spacial score (nSPS) is 10.9. The van der Waals surface area contributed by atoms with Gasteiger partial charge in [0.25, 0.3) is 4.96 Å². The number of nitro groups is 1. The van der Waals surface area contributed by atoms with Crippen molar-refractivity contribution in [3.8, 4) is 11.6 Å². The van der Waals surface area contributed by atoms with E-state index in [1.807, 2.05) is 24.3 Å². The minimum absolute atomic E-state index is 0.00798. The Bertz CT molecular complexity index is 1030. The molecule has 0 radical (unpaired) electrons. The fourth-order valence-corrected chi connectivity index (χ4v) is 3.72. The van der Waals surface area contributed by atoms with Gasteiger partial charge in [-0.05, 0) is 41.3 Å². The van der Waals surface area contributed by atoms with Crippen LogP contribution >= 0.6 is 23.1 Å². The van der Waals surface area contributed by atoms with Crippen molar-refractivity contribution in [1.29, 1.82) is 0 Å². The Kier molecular flexibility index (Phi) is 4.08. The van der Waals surface area contributed by atoms with Gasteiger partial charge < -0.3 is 14.9 Å². The predicted octanol–water partition coefficient (Wildman–Crippen LogP) is 4.64. The molecule has 7 nitrogen and oxygen atoms in total. The van der Waals surface area contributed by atoms with Gasteiger partial charge in [-0.25, -0.2) is 0 Å². The average molecular weight is 370 g/mol. The van der Waals surface area contributed by atoms with E-state index < -0.39 is 4.92 Å². The zero-order valence-corrected chi connectivity index (χ0v) is 14.2. The Balaban J connectivity index is 1.56. The Morgan fingerprint density at radius 2 is 1.84 bits per heavy atom. The molecule has 0 aliphatic heterocycles. The van der Waals surface area contributed by atoms with Gasteiger partial charge in [-0.1, -0.05) is 23.1 Å². The van der Waals surface area contributed by atoms with Crippen LogP contribution in [0, 0.1) is 10.1 Å². The molecule has 3 heterocycles. The fourth-order valence-electron chi connectivity index (χ4n) is 2.22. The number of pyridine rings is 1. The van der Waals surface area contributed by atoms with E-state index in [9.17, 15) is 10.1 Å². The first kappa shape index (κ1) is 15.6. The van der Waals surface area contributed by atoms with Gasteiger partial charge in [-0.2, -0.15) is 9.38 Å². The van der Waals surface area contributed by atoms with Crippen LogP contribution in [0.4, 0.5) is 5.82 Å². The zero-order chi connectivity index (χ0) is 17.2. The molecule has 4 rings (SSSR count). The lowest BCUT2D eigenvalue weighted by atomic mass is 10.3. The molecule has 124 valence electrons. The summed E-state index contributed by atoms with van der Waals surface area (Å²) in [6, 6.07) is 11.2. The lowest BCUT2D eigenvalue weighted by Gasteiger charge is -2.04. The van der Waals surface area contributed by atoms with Crippen LogP contribution < -0.4 is 4.74 Å². The minimum atomic E-state index is -0.490. The molecule has 0 spiro atoms. The molecular weight excluding hydrogens is 360 g/mol. The van der Waals surface area contributed by atoms with Crippen LogP contribution in [0.15, 0.2) is 70.2 Å². The number of rotatable bonds is 5. The molecule has 3 aromatic heterocycles. The third kappa shape index (κ3) is 3.19. The average Bonchev–Trinajstić information content (AvgIpc) is 3.18. The Hall–Kier alpha value is -2.91. The number of nitrogens with zero attached hydrogens (tertiary/aromatic N) is 4. The van der Waals surface area contributed by atoms with Crippen LogP contribution in [0.3, 0.4) is 0 Å². The van der Waals surface area contributed by atoms with Gasteiger partial charge in [0.1, 0.15) is 11.9 Å². The Morgan fingerprint density at radius 3 is 2.56 bits per heavy atom. The van der Waals surface area contributed by atoms with Gasteiger partial charge in [0.05, 0.1) is 0 Å². The standard InChI is InChI=1S/C16H10N4O3S2/c21-20(22)15-14(18-16-19(15)9-10-24-16)23-11-1-3-12(4-2-11)25-13-5-7-17-8-6-13/h1-10H. The molecule has 4 aromatic rings. The molecule has 1 aromatic carbocycles. The van der Waals surface area contributed by atoms with Gasteiger partial charge in [-0.15, -0.1) is 0 Å². The zero-order valence-electron chi connectivity index (χ0n) is 12.6. The van der Waals surface area contributed by atoms with Crippen molar-refractivity contribution >= 4 is 33.9 Å². The van der Waals surface area contributed by atoms with Crippen LogP contribution in [-0.2, 0) is 0 Å². The molecule has 0 aliphatic carbocycles. The highest BCUT2D eigenvalue weighted by molar-refractivity contribution is 7.99. The summed E-state index contributed by atoms with van der Waals surface area (Å²) in [5.41, 5.74) is 0. The molecule has 0 bridgehead atoms. The first-order chi connectivity index (χ1) is 12.2. The number of ether oxygens (including phenoxy) is 1. The number of aromatic nitrogens is 3.